The van der Waals surface area contributed by atoms with Crippen LogP contribution in [-0.4, -0.2) is 6.11 Å². The molecule has 1 heterocycles. The zero-order valence-corrected chi connectivity index (χ0v) is 8.23. The van der Waals surface area contributed by atoms with Gasteiger partial charge in [-0.2, -0.15) is 8.78 Å². The average Bonchev–Trinajstić information content (AvgIpc) is 2.10. The van der Waals surface area contributed by atoms with Gasteiger partial charge in [0.25, 0.3) is 0 Å². The van der Waals surface area contributed by atoms with Gasteiger partial charge in [0.1, 0.15) is 5.75 Å². The number of ether oxygens (including phenoxy) is 1. The van der Waals surface area contributed by atoms with Gasteiger partial charge in [0.2, 0.25) is 0 Å². The molecule has 76 valence electrons. The second-order valence-electron chi connectivity index (χ2n) is 3.75. The van der Waals surface area contributed by atoms with Crippen LogP contribution in [0.5, 0.6) is 5.75 Å². The first-order chi connectivity index (χ1) is 6.49. The Kier molecular flexibility index (Phi) is 1.98. The number of hydrogen-bond acceptors (Lipinski definition) is 1. The topological polar surface area (TPSA) is 9.23 Å². The summed E-state index contributed by atoms with van der Waals surface area (Å²) in [4.78, 5) is 0. The summed E-state index contributed by atoms with van der Waals surface area (Å²) in [5, 5.41) is 0. The molecule has 0 spiro atoms. The molecule has 0 unspecified atom stereocenters. The molecule has 1 nitrogen and oxygen atoms in total. The van der Waals surface area contributed by atoms with Crippen LogP contribution in [0.2, 0.25) is 0 Å². The summed E-state index contributed by atoms with van der Waals surface area (Å²) in [6.07, 6.45) is -2.81. The van der Waals surface area contributed by atoms with Crippen molar-refractivity contribution in [2.24, 2.45) is 0 Å². The minimum Gasteiger partial charge on any atom is -0.432 e. The zero-order valence-electron chi connectivity index (χ0n) is 8.23. The second kappa shape index (κ2) is 2.94. The lowest BCUT2D eigenvalue weighted by molar-refractivity contribution is -0.187. The van der Waals surface area contributed by atoms with Gasteiger partial charge in [0.15, 0.2) is 0 Å². The van der Waals surface area contributed by atoms with Gasteiger partial charge in [-0.25, -0.2) is 0 Å². The van der Waals surface area contributed by atoms with E-state index in [9.17, 15) is 8.78 Å². The standard InChI is InChI=1S/C11H12F2O/c1-7-3-4-8(2)10-9(7)5-6-11(12,13)14-10/h3-4H,5-6H2,1-2H3. The van der Waals surface area contributed by atoms with Gasteiger partial charge in [0, 0.05) is 0 Å². The summed E-state index contributed by atoms with van der Waals surface area (Å²) >= 11 is 0. The quantitative estimate of drug-likeness (QED) is 0.622. The van der Waals surface area contributed by atoms with Crippen molar-refractivity contribution in [2.75, 3.05) is 0 Å². The smallest absolute Gasteiger partial charge is 0.398 e. The van der Waals surface area contributed by atoms with Crippen LogP contribution in [0.1, 0.15) is 23.1 Å². The lowest BCUT2D eigenvalue weighted by atomic mass is 9.97. The van der Waals surface area contributed by atoms with E-state index >= 15 is 0 Å². The van der Waals surface area contributed by atoms with E-state index in [0.717, 1.165) is 16.7 Å². The van der Waals surface area contributed by atoms with Crippen molar-refractivity contribution in [3.05, 3.63) is 28.8 Å². The van der Waals surface area contributed by atoms with Crippen molar-refractivity contribution in [3.8, 4) is 5.75 Å². The van der Waals surface area contributed by atoms with Gasteiger partial charge in [-0.1, -0.05) is 12.1 Å². The molecule has 1 aromatic carbocycles. The van der Waals surface area contributed by atoms with Crippen molar-refractivity contribution < 1.29 is 13.5 Å². The van der Waals surface area contributed by atoms with E-state index in [1.807, 2.05) is 19.1 Å². The summed E-state index contributed by atoms with van der Waals surface area (Å²) in [5.41, 5.74) is 2.74. The third kappa shape index (κ3) is 1.47. The summed E-state index contributed by atoms with van der Waals surface area (Å²) < 4.78 is 30.6. The summed E-state index contributed by atoms with van der Waals surface area (Å²) in [6, 6.07) is 3.76. The summed E-state index contributed by atoms with van der Waals surface area (Å²) in [7, 11) is 0. The number of benzene rings is 1. The van der Waals surface area contributed by atoms with Crippen molar-refractivity contribution in [3.63, 3.8) is 0 Å². The van der Waals surface area contributed by atoms with E-state index in [2.05, 4.69) is 0 Å². The number of halogens is 2. The minimum atomic E-state index is -2.99. The average molecular weight is 198 g/mol. The molecule has 0 aromatic heterocycles. The van der Waals surface area contributed by atoms with Crippen LogP contribution in [0.4, 0.5) is 8.78 Å². The molecule has 0 radical (unpaired) electrons. The first kappa shape index (κ1) is 9.44. The van der Waals surface area contributed by atoms with E-state index in [0.29, 0.717) is 12.2 Å². The fraction of sp³-hybridized carbons (Fsp3) is 0.455. The highest BCUT2D eigenvalue weighted by molar-refractivity contribution is 5.46. The maximum atomic E-state index is 13.0. The van der Waals surface area contributed by atoms with Crippen molar-refractivity contribution in [2.45, 2.75) is 32.8 Å². The normalized spacial score (nSPS) is 18.6. The van der Waals surface area contributed by atoms with Gasteiger partial charge >= 0.3 is 6.11 Å². The van der Waals surface area contributed by atoms with E-state index < -0.39 is 6.11 Å². The zero-order chi connectivity index (χ0) is 10.3. The Morgan fingerprint density at radius 2 is 1.86 bits per heavy atom. The Morgan fingerprint density at radius 1 is 1.21 bits per heavy atom. The highest BCUT2D eigenvalue weighted by atomic mass is 19.3. The molecule has 0 amide bonds. The van der Waals surface area contributed by atoms with Gasteiger partial charge < -0.3 is 4.74 Å². The number of aryl methyl sites for hydroxylation is 2. The first-order valence-electron chi connectivity index (χ1n) is 4.65. The Morgan fingerprint density at radius 3 is 2.57 bits per heavy atom. The lowest BCUT2D eigenvalue weighted by Crippen LogP contribution is -2.30. The van der Waals surface area contributed by atoms with E-state index in [1.165, 1.54) is 0 Å². The Hall–Kier alpha value is -1.12. The predicted octanol–water partition coefficient (Wildman–Crippen LogP) is 3.22. The van der Waals surface area contributed by atoms with Gasteiger partial charge in [-0.05, 0) is 37.0 Å². The van der Waals surface area contributed by atoms with Gasteiger partial charge in [0.05, 0.1) is 6.42 Å². The van der Waals surface area contributed by atoms with Gasteiger partial charge in [-0.3, -0.25) is 0 Å². The fourth-order valence-electron chi connectivity index (χ4n) is 1.77. The van der Waals surface area contributed by atoms with E-state index in [-0.39, 0.29) is 6.42 Å². The van der Waals surface area contributed by atoms with Crippen LogP contribution in [0.15, 0.2) is 12.1 Å². The highest BCUT2D eigenvalue weighted by Crippen LogP contribution is 2.38. The molecule has 0 N–H and O–H groups in total. The Balaban J connectivity index is 2.51. The van der Waals surface area contributed by atoms with Crippen LogP contribution >= 0.6 is 0 Å². The maximum absolute atomic E-state index is 13.0. The van der Waals surface area contributed by atoms with Crippen LogP contribution in [0, 0.1) is 13.8 Å². The summed E-state index contributed by atoms with van der Waals surface area (Å²) in [6.45, 7) is 3.71. The molecule has 3 heteroatoms. The van der Waals surface area contributed by atoms with Crippen molar-refractivity contribution >= 4 is 0 Å². The first-order valence-corrected chi connectivity index (χ1v) is 4.65. The van der Waals surface area contributed by atoms with Crippen LogP contribution in [-0.2, 0) is 6.42 Å². The third-order valence-corrected chi connectivity index (χ3v) is 2.61. The molecule has 1 aliphatic heterocycles. The minimum absolute atomic E-state index is 0.218. The SMILES string of the molecule is Cc1ccc(C)c2c1CCC(F)(F)O2. The molecular formula is C11H12F2O. The van der Waals surface area contributed by atoms with Crippen LogP contribution < -0.4 is 4.74 Å². The third-order valence-electron chi connectivity index (χ3n) is 2.61. The summed E-state index contributed by atoms with van der Waals surface area (Å²) in [5.74, 6) is 0.376. The van der Waals surface area contributed by atoms with Crippen molar-refractivity contribution in [1.82, 2.24) is 0 Å². The molecule has 1 aliphatic rings. The highest BCUT2D eigenvalue weighted by Gasteiger charge is 2.37. The monoisotopic (exact) mass is 198 g/mol. The van der Waals surface area contributed by atoms with Crippen LogP contribution in [0.25, 0.3) is 0 Å². The molecule has 2 rings (SSSR count). The fourth-order valence-corrected chi connectivity index (χ4v) is 1.77. The molecule has 0 bridgehead atoms. The number of fused-ring (bicyclic) bond motifs is 1. The van der Waals surface area contributed by atoms with Gasteiger partial charge in [-0.15, -0.1) is 0 Å². The second-order valence-corrected chi connectivity index (χ2v) is 3.75. The molecule has 0 atom stereocenters. The maximum Gasteiger partial charge on any atom is 0.398 e. The molecule has 0 saturated heterocycles. The molecule has 14 heavy (non-hydrogen) atoms. The Labute approximate surface area is 81.7 Å². The number of hydrogen-bond donors (Lipinski definition) is 0. The molecule has 0 fully saturated rings. The molecule has 1 aromatic rings. The lowest BCUT2D eigenvalue weighted by Gasteiger charge is -2.27. The molecule has 0 saturated carbocycles. The number of rotatable bonds is 0. The predicted molar refractivity (Wildman–Crippen MR) is 49.8 cm³/mol. The van der Waals surface area contributed by atoms with Crippen molar-refractivity contribution in [1.29, 1.82) is 0 Å². The molecule has 0 aliphatic carbocycles. The largest absolute Gasteiger partial charge is 0.432 e. The number of alkyl halides is 2. The molecular weight excluding hydrogens is 186 g/mol. The van der Waals surface area contributed by atoms with E-state index in [4.69, 9.17) is 4.74 Å². The van der Waals surface area contributed by atoms with E-state index in [1.54, 1.807) is 6.92 Å². The Bertz CT molecular complexity index is 372. The van der Waals surface area contributed by atoms with Crippen LogP contribution in [0.3, 0.4) is 0 Å².